The molecule has 0 saturated heterocycles. The Balaban J connectivity index is 2.04. The van der Waals surface area contributed by atoms with Crippen LogP contribution in [0.25, 0.3) is 10.8 Å². The van der Waals surface area contributed by atoms with Crippen molar-refractivity contribution in [1.29, 1.82) is 0 Å². The third kappa shape index (κ3) is 3.55. The maximum absolute atomic E-state index is 5.93. The molecule has 0 unspecified atom stereocenters. The molecule has 0 aliphatic carbocycles. The Labute approximate surface area is 103 Å². The first-order chi connectivity index (χ1) is 8.04. The fourth-order valence-corrected chi connectivity index (χ4v) is 1.88. The number of hydrogen-bond donors (Lipinski definition) is 2. The molecular weight excluding hydrogens is 208 g/mol. The molecule has 2 rings (SSSR count). The minimum absolute atomic E-state index is 0.156. The first-order valence-electron chi connectivity index (χ1n) is 6.02. The lowest BCUT2D eigenvalue weighted by Crippen LogP contribution is -2.42. The summed E-state index contributed by atoms with van der Waals surface area (Å²) >= 11 is 0. The van der Waals surface area contributed by atoms with Crippen LogP contribution >= 0.6 is 0 Å². The van der Waals surface area contributed by atoms with Crippen LogP contribution in [0.1, 0.15) is 19.4 Å². The number of hydrogen-bond acceptors (Lipinski definition) is 2. The summed E-state index contributed by atoms with van der Waals surface area (Å²) in [7, 11) is 0. The summed E-state index contributed by atoms with van der Waals surface area (Å²) in [5, 5.41) is 5.96. The number of nitrogens with two attached hydrogens (primary N) is 1. The van der Waals surface area contributed by atoms with Crippen molar-refractivity contribution < 1.29 is 0 Å². The van der Waals surface area contributed by atoms with Crippen LogP contribution in [0.15, 0.2) is 42.5 Å². The Morgan fingerprint density at radius 3 is 2.47 bits per heavy atom. The molecule has 0 bridgehead atoms. The third-order valence-corrected chi connectivity index (χ3v) is 2.72. The van der Waals surface area contributed by atoms with Crippen molar-refractivity contribution in [3.63, 3.8) is 0 Å². The van der Waals surface area contributed by atoms with Crippen LogP contribution in [-0.2, 0) is 6.54 Å². The summed E-state index contributed by atoms with van der Waals surface area (Å²) in [6.45, 7) is 5.74. The summed E-state index contributed by atoms with van der Waals surface area (Å²) in [5.74, 6) is 0. The zero-order valence-corrected chi connectivity index (χ0v) is 10.5. The molecule has 0 amide bonds. The monoisotopic (exact) mass is 228 g/mol. The molecule has 0 atom stereocenters. The van der Waals surface area contributed by atoms with Gasteiger partial charge in [-0.3, -0.25) is 0 Å². The van der Waals surface area contributed by atoms with Gasteiger partial charge in [0.1, 0.15) is 0 Å². The Morgan fingerprint density at radius 2 is 1.76 bits per heavy atom. The number of fused-ring (bicyclic) bond motifs is 1. The molecule has 2 aromatic rings. The van der Waals surface area contributed by atoms with Crippen molar-refractivity contribution in [1.82, 2.24) is 5.32 Å². The normalized spacial score (nSPS) is 11.9. The summed E-state index contributed by atoms with van der Waals surface area (Å²) in [6.07, 6.45) is 0. The average molecular weight is 228 g/mol. The molecule has 2 aromatic carbocycles. The van der Waals surface area contributed by atoms with Gasteiger partial charge >= 0.3 is 0 Å². The Hall–Kier alpha value is -1.38. The Bertz CT molecular complexity index is 497. The average Bonchev–Trinajstić information content (AvgIpc) is 2.27. The maximum Gasteiger partial charge on any atom is 0.0223 e. The van der Waals surface area contributed by atoms with Gasteiger partial charge in [-0.1, -0.05) is 36.4 Å². The van der Waals surface area contributed by atoms with Gasteiger partial charge in [-0.15, -0.1) is 0 Å². The third-order valence-electron chi connectivity index (χ3n) is 2.72. The lowest BCUT2D eigenvalue weighted by molar-refractivity contribution is 0.467. The highest BCUT2D eigenvalue weighted by Gasteiger charge is 2.08. The highest BCUT2D eigenvalue weighted by atomic mass is 14.9. The predicted molar refractivity (Wildman–Crippen MR) is 73.9 cm³/mol. The SMILES string of the molecule is CC(C)(N)CNCc1ccc2ccccc2c1. The van der Waals surface area contributed by atoms with E-state index in [1.54, 1.807) is 0 Å². The lowest BCUT2D eigenvalue weighted by atomic mass is 10.1. The fraction of sp³-hybridized carbons (Fsp3) is 0.333. The van der Waals surface area contributed by atoms with Gasteiger partial charge in [-0.05, 0) is 36.2 Å². The molecule has 0 aliphatic rings. The minimum Gasteiger partial charge on any atom is -0.324 e. The number of nitrogens with one attached hydrogen (secondary N) is 1. The summed E-state index contributed by atoms with van der Waals surface area (Å²) in [5.41, 5.74) is 7.07. The van der Waals surface area contributed by atoms with E-state index in [-0.39, 0.29) is 5.54 Å². The molecule has 90 valence electrons. The molecule has 0 heterocycles. The first kappa shape index (κ1) is 12.1. The molecule has 0 aliphatic heterocycles. The summed E-state index contributed by atoms with van der Waals surface area (Å²) < 4.78 is 0. The largest absolute Gasteiger partial charge is 0.324 e. The zero-order valence-electron chi connectivity index (χ0n) is 10.5. The van der Waals surface area contributed by atoms with Crippen molar-refractivity contribution in [2.24, 2.45) is 5.73 Å². The van der Waals surface area contributed by atoms with Crippen molar-refractivity contribution in [3.8, 4) is 0 Å². The molecule has 2 nitrogen and oxygen atoms in total. The molecule has 0 radical (unpaired) electrons. The van der Waals surface area contributed by atoms with E-state index in [0.717, 1.165) is 13.1 Å². The second-order valence-electron chi connectivity index (χ2n) is 5.27. The molecule has 0 spiro atoms. The van der Waals surface area contributed by atoms with E-state index in [0.29, 0.717) is 0 Å². The van der Waals surface area contributed by atoms with Gasteiger partial charge in [0, 0.05) is 18.6 Å². The second kappa shape index (κ2) is 4.86. The van der Waals surface area contributed by atoms with E-state index in [2.05, 4.69) is 47.8 Å². The molecule has 17 heavy (non-hydrogen) atoms. The molecule has 0 aromatic heterocycles. The van der Waals surface area contributed by atoms with Gasteiger partial charge in [-0.25, -0.2) is 0 Å². The quantitative estimate of drug-likeness (QED) is 0.844. The van der Waals surface area contributed by atoms with E-state index in [9.17, 15) is 0 Å². The lowest BCUT2D eigenvalue weighted by Gasteiger charge is -2.19. The predicted octanol–water partition coefficient (Wildman–Crippen LogP) is 2.67. The molecule has 2 heteroatoms. The van der Waals surface area contributed by atoms with Crippen molar-refractivity contribution >= 4 is 10.8 Å². The second-order valence-corrected chi connectivity index (χ2v) is 5.27. The highest BCUT2D eigenvalue weighted by molar-refractivity contribution is 5.82. The standard InChI is InChI=1S/C15H20N2/c1-15(2,16)11-17-10-12-7-8-13-5-3-4-6-14(13)9-12/h3-9,17H,10-11,16H2,1-2H3. The smallest absolute Gasteiger partial charge is 0.0223 e. The van der Waals surface area contributed by atoms with Gasteiger partial charge in [0.05, 0.1) is 0 Å². The van der Waals surface area contributed by atoms with Gasteiger partial charge in [-0.2, -0.15) is 0 Å². The van der Waals surface area contributed by atoms with Crippen LogP contribution in [0.5, 0.6) is 0 Å². The van der Waals surface area contributed by atoms with E-state index >= 15 is 0 Å². The van der Waals surface area contributed by atoms with Crippen LogP contribution in [0, 0.1) is 0 Å². The van der Waals surface area contributed by atoms with Crippen LogP contribution in [0.3, 0.4) is 0 Å². The van der Waals surface area contributed by atoms with Crippen molar-refractivity contribution in [2.45, 2.75) is 25.9 Å². The number of rotatable bonds is 4. The number of benzene rings is 2. The Kier molecular flexibility index (Phi) is 3.46. The molecule has 3 N–H and O–H groups in total. The van der Waals surface area contributed by atoms with E-state index in [1.807, 2.05) is 13.8 Å². The van der Waals surface area contributed by atoms with Gasteiger partial charge in [0.25, 0.3) is 0 Å². The van der Waals surface area contributed by atoms with Crippen LogP contribution in [0.2, 0.25) is 0 Å². The fourth-order valence-electron chi connectivity index (χ4n) is 1.88. The Morgan fingerprint density at radius 1 is 1.06 bits per heavy atom. The summed E-state index contributed by atoms with van der Waals surface area (Å²) in [4.78, 5) is 0. The van der Waals surface area contributed by atoms with Crippen molar-refractivity contribution in [2.75, 3.05) is 6.54 Å². The zero-order chi connectivity index (χ0) is 12.3. The van der Waals surface area contributed by atoms with Gasteiger partial charge in [0.15, 0.2) is 0 Å². The minimum atomic E-state index is -0.156. The maximum atomic E-state index is 5.93. The van der Waals surface area contributed by atoms with Crippen LogP contribution < -0.4 is 11.1 Å². The van der Waals surface area contributed by atoms with Gasteiger partial charge in [0.2, 0.25) is 0 Å². The van der Waals surface area contributed by atoms with Crippen molar-refractivity contribution in [3.05, 3.63) is 48.0 Å². The summed E-state index contributed by atoms with van der Waals surface area (Å²) in [6, 6.07) is 15.0. The first-order valence-corrected chi connectivity index (χ1v) is 6.02. The molecule has 0 saturated carbocycles. The van der Waals surface area contributed by atoms with Crippen LogP contribution in [0.4, 0.5) is 0 Å². The van der Waals surface area contributed by atoms with E-state index in [1.165, 1.54) is 16.3 Å². The topological polar surface area (TPSA) is 38.0 Å². The molecular formula is C15H20N2. The van der Waals surface area contributed by atoms with E-state index < -0.39 is 0 Å². The molecule has 0 fully saturated rings. The highest BCUT2D eigenvalue weighted by Crippen LogP contribution is 2.15. The van der Waals surface area contributed by atoms with Crippen LogP contribution in [-0.4, -0.2) is 12.1 Å². The van der Waals surface area contributed by atoms with E-state index in [4.69, 9.17) is 5.73 Å². The van der Waals surface area contributed by atoms with Gasteiger partial charge < -0.3 is 11.1 Å².